The predicted molar refractivity (Wildman–Crippen MR) is 64.6 cm³/mol. The fourth-order valence-corrected chi connectivity index (χ4v) is 1.95. The standard InChI is InChI=1S/C13H18FNO2/c1-9-7-13(11(14)8-12(9)15)17-6-4-10-3-2-5-16-10/h7-8,10H,2-6,15H2,1H3. The van der Waals surface area contributed by atoms with Crippen LogP contribution in [0.4, 0.5) is 10.1 Å². The molecule has 1 aliphatic heterocycles. The van der Waals surface area contributed by atoms with Crippen LogP contribution in [0, 0.1) is 12.7 Å². The molecule has 1 unspecified atom stereocenters. The molecule has 3 nitrogen and oxygen atoms in total. The minimum absolute atomic E-state index is 0.271. The maximum Gasteiger partial charge on any atom is 0.167 e. The molecule has 0 amide bonds. The Morgan fingerprint density at radius 2 is 2.35 bits per heavy atom. The van der Waals surface area contributed by atoms with Gasteiger partial charge in [0.1, 0.15) is 0 Å². The van der Waals surface area contributed by atoms with Crippen molar-refractivity contribution in [1.82, 2.24) is 0 Å². The van der Waals surface area contributed by atoms with Crippen LogP contribution in [0.15, 0.2) is 12.1 Å². The Morgan fingerprint density at radius 3 is 3.06 bits per heavy atom. The fourth-order valence-electron chi connectivity index (χ4n) is 1.95. The van der Waals surface area contributed by atoms with Crippen molar-refractivity contribution >= 4 is 5.69 Å². The molecule has 0 radical (unpaired) electrons. The highest BCUT2D eigenvalue weighted by Crippen LogP contribution is 2.24. The van der Waals surface area contributed by atoms with E-state index in [1.54, 1.807) is 6.07 Å². The second-order valence-corrected chi connectivity index (χ2v) is 4.41. The summed E-state index contributed by atoms with van der Waals surface area (Å²) in [6, 6.07) is 2.94. The normalized spacial score (nSPS) is 19.5. The second kappa shape index (κ2) is 5.36. The van der Waals surface area contributed by atoms with Crippen LogP contribution < -0.4 is 10.5 Å². The van der Waals surface area contributed by atoms with Crippen molar-refractivity contribution in [3.63, 3.8) is 0 Å². The summed E-state index contributed by atoms with van der Waals surface area (Å²) in [4.78, 5) is 0. The van der Waals surface area contributed by atoms with Crippen molar-refractivity contribution < 1.29 is 13.9 Å². The molecule has 1 aromatic rings. The van der Waals surface area contributed by atoms with Crippen molar-refractivity contribution in [2.24, 2.45) is 0 Å². The summed E-state index contributed by atoms with van der Waals surface area (Å²) < 4.78 is 24.4. The summed E-state index contributed by atoms with van der Waals surface area (Å²) in [6.45, 7) is 3.15. The average molecular weight is 239 g/mol. The van der Waals surface area contributed by atoms with Crippen LogP contribution in [0.1, 0.15) is 24.8 Å². The Hall–Kier alpha value is -1.29. The number of nitrogens with two attached hydrogens (primary N) is 1. The molecule has 17 heavy (non-hydrogen) atoms. The highest BCUT2D eigenvalue weighted by atomic mass is 19.1. The van der Waals surface area contributed by atoms with Crippen molar-refractivity contribution in [2.45, 2.75) is 32.3 Å². The lowest BCUT2D eigenvalue weighted by Gasteiger charge is -2.12. The minimum atomic E-state index is -0.402. The number of rotatable bonds is 4. The summed E-state index contributed by atoms with van der Waals surface area (Å²) in [5.41, 5.74) is 6.89. The van der Waals surface area contributed by atoms with E-state index >= 15 is 0 Å². The number of halogens is 1. The van der Waals surface area contributed by atoms with Crippen molar-refractivity contribution in [2.75, 3.05) is 18.9 Å². The molecule has 0 bridgehead atoms. The Balaban J connectivity index is 1.87. The van der Waals surface area contributed by atoms with Gasteiger partial charge >= 0.3 is 0 Å². The Morgan fingerprint density at radius 1 is 1.53 bits per heavy atom. The van der Waals surface area contributed by atoms with Gasteiger partial charge in [0.15, 0.2) is 11.6 Å². The van der Waals surface area contributed by atoms with E-state index in [4.69, 9.17) is 15.2 Å². The molecule has 4 heteroatoms. The number of benzene rings is 1. The highest BCUT2D eigenvalue weighted by molar-refractivity contribution is 5.50. The van der Waals surface area contributed by atoms with Gasteiger partial charge in [0, 0.05) is 24.8 Å². The number of aryl methyl sites for hydroxylation is 1. The predicted octanol–water partition coefficient (Wildman–Crippen LogP) is 2.66. The molecule has 0 spiro atoms. The van der Waals surface area contributed by atoms with E-state index in [2.05, 4.69) is 0 Å². The van der Waals surface area contributed by atoms with Crippen molar-refractivity contribution in [3.05, 3.63) is 23.5 Å². The fraction of sp³-hybridized carbons (Fsp3) is 0.538. The third-order valence-electron chi connectivity index (χ3n) is 3.04. The lowest BCUT2D eigenvalue weighted by Crippen LogP contribution is -2.11. The van der Waals surface area contributed by atoms with E-state index in [-0.39, 0.29) is 11.9 Å². The first kappa shape index (κ1) is 12.2. The topological polar surface area (TPSA) is 44.5 Å². The van der Waals surface area contributed by atoms with E-state index in [9.17, 15) is 4.39 Å². The number of hydrogen-bond donors (Lipinski definition) is 1. The van der Waals surface area contributed by atoms with Crippen molar-refractivity contribution in [1.29, 1.82) is 0 Å². The summed E-state index contributed by atoms with van der Waals surface area (Å²) in [5, 5.41) is 0. The van der Waals surface area contributed by atoms with Crippen LogP contribution in [-0.4, -0.2) is 19.3 Å². The summed E-state index contributed by atoms with van der Waals surface area (Å²) in [6.07, 6.45) is 3.27. The molecule has 1 atom stereocenters. The molecular formula is C13H18FNO2. The molecule has 1 heterocycles. The molecule has 0 aliphatic carbocycles. The number of ether oxygens (including phenoxy) is 2. The van der Waals surface area contributed by atoms with Crippen molar-refractivity contribution in [3.8, 4) is 5.75 Å². The first-order chi connectivity index (χ1) is 8.16. The molecule has 1 fully saturated rings. The third kappa shape index (κ3) is 3.09. The number of hydrogen-bond acceptors (Lipinski definition) is 3. The van der Waals surface area contributed by atoms with Gasteiger partial charge in [0.25, 0.3) is 0 Å². The largest absolute Gasteiger partial charge is 0.490 e. The summed E-state index contributed by atoms with van der Waals surface area (Å²) >= 11 is 0. The quantitative estimate of drug-likeness (QED) is 0.821. The molecule has 1 aliphatic rings. The Bertz CT molecular complexity index is 389. The molecular weight excluding hydrogens is 221 g/mol. The lowest BCUT2D eigenvalue weighted by molar-refractivity contribution is 0.0897. The van der Waals surface area contributed by atoms with E-state index in [1.807, 2.05) is 6.92 Å². The van der Waals surface area contributed by atoms with Crippen LogP contribution in [0.5, 0.6) is 5.75 Å². The average Bonchev–Trinajstić information content (AvgIpc) is 2.78. The maximum absolute atomic E-state index is 13.5. The third-order valence-corrected chi connectivity index (χ3v) is 3.04. The lowest BCUT2D eigenvalue weighted by atomic mass is 10.2. The van der Waals surface area contributed by atoms with E-state index in [0.717, 1.165) is 31.4 Å². The summed E-state index contributed by atoms with van der Waals surface area (Å²) in [7, 11) is 0. The molecule has 1 saturated heterocycles. The zero-order valence-electron chi connectivity index (χ0n) is 10.0. The molecule has 2 N–H and O–H groups in total. The second-order valence-electron chi connectivity index (χ2n) is 4.41. The van der Waals surface area contributed by atoms with Crippen LogP contribution in [-0.2, 0) is 4.74 Å². The van der Waals surface area contributed by atoms with Gasteiger partial charge in [-0.25, -0.2) is 4.39 Å². The number of nitrogen functional groups attached to an aromatic ring is 1. The monoisotopic (exact) mass is 239 g/mol. The maximum atomic E-state index is 13.5. The zero-order valence-corrected chi connectivity index (χ0v) is 10.0. The van der Waals surface area contributed by atoms with Gasteiger partial charge in [0.05, 0.1) is 12.7 Å². The highest BCUT2D eigenvalue weighted by Gasteiger charge is 2.15. The van der Waals surface area contributed by atoms with E-state index in [1.165, 1.54) is 6.07 Å². The van der Waals surface area contributed by atoms with Gasteiger partial charge in [-0.15, -0.1) is 0 Å². The Labute approximate surface area is 101 Å². The van der Waals surface area contributed by atoms with Crippen LogP contribution in [0.3, 0.4) is 0 Å². The molecule has 1 aromatic carbocycles. The zero-order chi connectivity index (χ0) is 12.3. The van der Waals surface area contributed by atoms with Gasteiger partial charge in [-0.2, -0.15) is 0 Å². The van der Waals surface area contributed by atoms with Gasteiger partial charge in [-0.1, -0.05) is 0 Å². The molecule has 0 aromatic heterocycles. The summed E-state index contributed by atoms with van der Waals surface area (Å²) in [5.74, 6) is -0.130. The first-order valence-corrected chi connectivity index (χ1v) is 5.97. The van der Waals surface area contributed by atoms with Crippen LogP contribution in [0.25, 0.3) is 0 Å². The van der Waals surface area contributed by atoms with Crippen LogP contribution in [0.2, 0.25) is 0 Å². The SMILES string of the molecule is Cc1cc(OCCC2CCCO2)c(F)cc1N. The number of anilines is 1. The van der Waals surface area contributed by atoms with Gasteiger partial charge in [-0.05, 0) is 31.4 Å². The van der Waals surface area contributed by atoms with E-state index in [0.29, 0.717) is 12.3 Å². The molecule has 94 valence electrons. The van der Waals surface area contributed by atoms with E-state index < -0.39 is 5.82 Å². The minimum Gasteiger partial charge on any atom is -0.490 e. The van der Waals surface area contributed by atoms with Crippen LogP contribution >= 0.6 is 0 Å². The Kier molecular flexibility index (Phi) is 3.84. The smallest absolute Gasteiger partial charge is 0.167 e. The van der Waals surface area contributed by atoms with Gasteiger partial charge < -0.3 is 15.2 Å². The van der Waals surface area contributed by atoms with Gasteiger partial charge in [-0.3, -0.25) is 0 Å². The molecule has 0 saturated carbocycles. The molecule has 2 rings (SSSR count). The van der Waals surface area contributed by atoms with Gasteiger partial charge in [0.2, 0.25) is 0 Å². The first-order valence-electron chi connectivity index (χ1n) is 5.97.